The van der Waals surface area contributed by atoms with Crippen molar-refractivity contribution in [3.8, 4) is 11.1 Å². The number of halogens is 1. The molecule has 0 saturated carbocycles. The summed E-state index contributed by atoms with van der Waals surface area (Å²) in [6.45, 7) is 0. The van der Waals surface area contributed by atoms with Gasteiger partial charge in [0.2, 0.25) is 0 Å². The minimum absolute atomic E-state index is 0.151. The number of nitrogens with one attached hydrogen (secondary N) is 1. The van der Waals surface area contributed by atoms with Crippen LogP contribution in [0, 0.1) is 0 Å². The fourth-order valence-electron chi connectivity index (χ4n) is 2.21. The molecule has 3 heteroatoms. The summed E-state index contributed by atoms with van der Waals surface area (Å²) in [5, 5.41) is 3.52. The van der Waals surface area contributed by atoms with Crippen LogP contribution in [0.15, 0.2) is 78.9 Å². The monoisotopic (exact) mass is 307 g/mol. The first-order valence-corrected chi connectivity index (χ1v) is 7.32. The van der Waals surface area contributed by atoms with Gasteiger partial charge in [0.25, 0.3) is 5.91 Å². The van der Waals surface area contributed by atoms with Gasteiger partial charge in [-0.1, -0.05) is 54.1 Å². The minimum Gasteiger partial charge on any atom is -0.322 e. The number of carbonyl (C=O) groups excluding carboxylic acids is 1. The summed E-state index contributed by atoms with van der Waals surface area (Å²) in [7, 11) is 0. The third-order valence-electron chi connectivity index (χ3n) is 3.33. The Balaban J connectivity index is 1.81. The smallest absolute Gasteiger partial charge is 0.255 e. The lowest BCUT2D eigenvalue weighted by atomic mass is 10.1. The second kappa shape index (κ2) is 6.46. The molecule has 1 N–H and O–H groups in total. The van der Waals surface area contributed by atoms with Gasteiger partial charge in [0.15, 0.2) is 0 Å². The summed E-state index contributed by atoms with van der Waals surface area (Å²) >= 11 is 5.83. The number of carbonyl (C=O) groups is 1. The van der Waals surface area contributed by atoms with Crippen molar-refractivity contribution in [3.05, 3.63) is 89.4 Å². The van der Waals surface area contributed by atoms with E-state index in [9.17, 15) is 4.79 Å². The maximum Gasteiger partial charge on any atom is 0.255 e. The standard InChI is InChI=1S/C19H14ClNO/c20-17-11-9-15(10-12-17)19(22)21-18-8-4-7-16(13-18)14-5-2-1-3-6-14/h1-13H,(H,21,22). The fourth-order valence-corrected chi connectivity index (χ4v) is 2.34. The number of benzene rings is 3. The highest BCUT2D eigenvalue weighted by atomic mass is 35.5. The van der Waals surface area contributed by atoms with Gasteiger partial charge in [-0.15, -0.1) is 0 Å². The van der Waals surface area contributed by atoms with Gasteiger partial charge in [0.05, 0.1) is 0 Å². The average Bonchev–Trinajstić information content (AvgIpc) is 2.56. The Labute approximate surface area is 134 Å². The van der Waals surface area contributed by atoms with Crippen LogP contribution in [0.3, 0.4) is 0 Å². The molecule has 0 bridgehead atoms. The fraction of sp³-hybridized carbons (Fsp3) is 0. The molecule has 0 spiro atoms. The van der Waals surface area contributed by atoms with Gasteiger partial charge < -0.3 is 5.32 Å². The number of hydrogen-bond acceptors (Lipinski definition) is 1. The normalized spacial score (nSPS) is 10.2. The summed E-state index contributed by atoms with van der Waals surface area (Å²) in [4.78, 5) is 12.2. The van der Waals surface area contributed by atoms with Crippen molar-refractivity contribution in [1.29, 1.82) is 0 Å². The highest BCUT2D eigenvalue weighted by Gasteiger charge is 2.06. The van der Waals surface area contributed by atoms with E-state index in [0.717, 1.165) is 16.8 Å². The summed E-state index contributed by atoms with van der Waals surface area (Å²) < 4.78 is 0. The zero-order valence-electron chi connectivity index (χ0n) is 11.8. The van der Waals surface area contributed by atoms with Crippen molar-refractivity contribution >= 4 is 23.2 Å². The lowest BCUT2D eigenvalue weighted by Gasteiger charge is -2.08. The van der Waals surface area contributed by atoms with Gasteiger partial charge in [-0.25, -0.2) is 0 Å². The molecule has 108 valence electrons. The van der Waals surface area contributed by atoms with Crippen LogP contribution < -0.4 is 5.32 Å². The van der Waals surface area contributed by atoms with E-state index in [1.54, 1.807) is 24.3 Å². The minimum atomic E-state index is -0.151. The van der Waals surface area contributed by atoms with E-state index in [-0.39, 0.29) is 5.91 Å². The SMILES string of the molecule is O=C(Nc1cccc(-c2ccccc2)c1)c1ccc(Cl)cc1. The first-order chi connectivity index (χ1) is 10.7. The number of amides is 1. The molecule has 0 fully saturated rings. The Morgan fingerprint density at radius 3 is 2.18 bits per heavy atom. The summed E-state index contributed by atoms with van der Waals surface area (Å²) in [6, 6.07) is 24.7. The summed E-state index contributed by atoms with van der Waals surface area (Å²) in [6.07, 6.45) is 0. The Morgan fingerprint density at radius 1 is 0.773 bits per heavy atom. The van der Waals surface area contributed by atoms with Crippen LogP contribution >= 0.6 is 11.6 Å². The van der Waals surface area contributed by atoms with Gasteiger partial charge in [-0.3, -0.25) is 4.79 Å². The molecule has 0 heterocycles. The predicted molar refractivity (Wildman–Crippen MR) is 91.3 cm³/mol. The molecule has 3 aromatic rings. The first-order valence-electron chi connectivity index (χ1n) is 6.95. The molecule has 0 aliphatic heterocycles. The van der Waals surface area contributed by atoms with E-state index in [4.69, 9.17) is 11.6 Å². The average molecular weight is 308 g/mol. The topological polar surface area (TPSA) is 29.1 Å². The van der Waals surface area contributed by atoms with Crippen LogP contribution in [0.2, 0.25) is 5.02 Å². The Hall–Kier alpha value is -2.58. The molecule has 1 amide bonds. The van der Waals surface area contributed by atoms with Crippen molar-refractivity contribution < 1.29 is 4.79 Å². The third-order valence-corrected chi connectivity index (χ3v) is 3.59. The van der Waals surface area contributed by atoms with Crippen molar-refractivity contribution in [3.63, 3.8) is 0 Å². The molecule has 0 aliphatic carbocycles. The van der Waals surface area contributed by atoms with Gasteiger partial charge in [0, 0.05) is 16.3 Å². The quantitative estimate of drug-likeness (QED) is 0.702. The highest BCUT2D eigenvalue weighted by Crippen LogP contribution is 2.22. The summed E-state index contributed by atoms with van der Waals surface area (Å²) in [5.41, 5.74) is 3.52. The van der Waals surface area contributed by atoms with Crippen LogP contribution in [-0.4, -0.2) is 5.91 Å². The van der Waals surface area contributed by atoms with Crippen LogP contribution in [0.25, 0.3) is 11.1 Å². The van der Waals surface area contributed by atoms with E-state index in [1.165, 1.54) is 0 Å². The third kappa shape index (κ3) is 3.35. The van der Waals surface area contributed by atoms with Crippen molar-refractivity contribution in [2.24, 2.45) is 0 Å². The van der Waals surface area contributed by atoms with E-state index in [0.29, 0.717) is 10.6 Å². The molecule has 3 aromatic carbocycles. The maximum absolute atomic E-state index is 12.2. The molecule has 2 nitrogen and oxygen atoms in total. The maximum atomic E-state index is 12.2. The molecule has 0 aromatic heterocycles. The molecular weight excluding hydrogens is 294 g/mol. The lowest BCUT2D eigenvalue weighted by molar-refractivity contribution is 0.102. The number of anilines is 1. The lowest BCUT2D eigenvalue weighted by Crippen LogP contribution is -2.11. The van der Waals surface area contributed by atoms with Gasteiger partial charge in [-0.05, 0) is 47.5 Å². The first kappa shape index (κ1) is 14.4. The molecule has 22 heavy (non-hydrogen) atoms. The summed E-state index contributed by atoms with van der Waals surface area (Å²) in [5.74, 6) is -0.151. The van der Waals surface area contributed by atoms with Crippen LogP contribution in [-0.2, 0) is 0 Å². The zero-order chi connectivity index (χ0) is 15.4. The predicted octanol–water partition coefficient (Wildman–Crippen LogP) is 5.26. The number of hydrogen-bond donors (Lipinski definition) is 1. The van der Waals surface area contributed by atoms with E-state index < -0.39 is 0 Å². The molecule has 0 unspecified atom stereocenters. The molecule has 0 radical (unpaired) electrons. The van der Waals surface area contributed by atoms with Gasteiger partial charge in [0.1, 0.15) is 0 Å². The second-order valence-corrected chi connectivity index (χ2v) is 5.34. The van der Waals surface area contributed by atoms with E-state index in [1.807, 2.05) is 54.6 Å². The van der Waals surface area contributed by atoms with E-state index >= 15 is 0 Å². The van der Waals surface area contributed by atoms with E-state index in [2.05, 4.69) is 5.32 Å². The van der Waals surface area contributed by atoms with Crippen molar-refractivity contribution in [2.45, 2.75) is 0 Å². The van der Waals surface area contributed by atoms with Crippen molar-refractivity contribution in [2.75, 3.05) is 5.32 Å². The zero-order valence-corrected chi connectivity index (χ0v) is 12.5. The molecule has 0 aliphatic rings. The van der Waals surface area contributed by atoms with Gasteiger partial charge >= 0.3 is 0 Å². The largest absolute Gasteiger partial charge is 0.322 e. The Kier molecular flexibility index (Phi) is 4.22. The second-order valence-electron chi connectivity index (χ2n) is 4.91. The van der Waals surface area contributed by atoms with Gasteiger partial charge in [-0.2, -0.15) is 0 Å². The molecule has 3 rings (SSSR count). The Morgan fingerprint density at radius 2 is 1.45 bits per heavy atom. The highest BCUT2D eigenvalue weighted by molar-refractivity contribution is 6.30. The van der Waals surface area contributed by atoms with Crippen LogP contribution in [0.4, 0.5) is 5.69 Å². The Bertz CT molecular complexity index is 782. The molecule has 0 saturated heterocycles. The molecular formula is C19H14ClNO. The van der Waals surface area contributed by atoms with Crippen LogP contribution in [0.1, 0.15) is 10.4 Å². The van der Waals surface area contributed by atoms with Crippen molar-refractivity contribution in [1.82, 2.24) is 0 Å². The van der Waals surface area contributed by atoms with Crippen LogP contribution in [0.5, 0.6) is 0 Å². The molecule has 0 atom stereocenters. The number of rotatable bonds is 3.